The van der Waals surface area contributed by atoms with Gasteiger partial charge in [-0.15, -0.1) is 0 Å². The summed E-state index contributed by atoms with van der Waals surface area (Å²) in [6.45, 7) is 1.84. The zero-order valence-electron chi connectivity index (χ0n) is 15.6. The molecule has 3 rings (SSSR count). The van der Waals surface area contributed by atoms with Gasteiger partial charge in [-0.05, 0) is 36.8 Å². The second-order valence-corrected chi connectivity index (χ2v) is 5.84. The average molecular weight is 367 g/mol. The van der Waals surface area contributed by atoms with E-state index < -0.39 is 0 Å². The molecule has 140 valence electrons. The molecular weight excluding hydrogens is 346 g/mol. The quantitative estimate of drug-likeness (QED) is 0.712. The molecule has 0 bridgehead atoms. The second-order valence-electron chi connectivity index (χ2n) is 5.84. The van der Waals surface area contributed by atoms with Gasteiger partial charge in [0.25, 0.3) is 0 Å². The third-order valence-corrected chi connectivity index (χ3v) is 4.24. The van der Waals surface area contributed by atoms with Crippen molar-refractivity contribution in [1.29, 1.82) is 0 Å². The monoisotopic (exact) mass is 367 g/mol. The third-order valence-electron chi connectivity index (χ3n) is 4.24. The van der Waals surface area contributed by atoms with E-state index >= 15 is 0 Å². The van der Waals surface area contributed by atoms with Crippen LogP contribution in [0.4, 0.5) is 5.95 Å². The number of nitrogen functional groups attached to an aromatic ring is 1. The SMILES string of the molecule is COc1ccc(-c2nc(N)nc(C)c2-c2ccc(OC)c(OC)c2)c(O)c1. The summed E-state index contributed by atoms with van der Waals surface area (Å²) in [7, 11) is 4.69. The van der Waals surface area contributed by atoms with E-state index in [1.54, 1.807) is 26.4 Å². The van der Waals surface area contributed by atoms with Crippen LogP contribution in [0.15, 0.2) is 36.4 Å². The van der Waals surface area contributed by atoms with Crippen LogP contribution >= 0.6 is 0 Å². The molecule has 2 aromatic carbocycles. The number of rotatable bonds is 5. The topological polar surface area (TPSA) is 99.7 Å². The predicted octanol–water partition coefficient (Wildman–Crippen LogP) is 3.43. The second kappa shape index (κ2) is 7.41. The number of aromatic nitrogens is 2. The van der Waals surface area contributed by atoms with Crippen molar-refractivity contribution in [2.45, 2.75) is 6.92 Å². The van der Waals surface area contributed by atoms with Crippen molar-refractivity contribution >= 4 is 5.95 Å². The lowest BCUT2D eigenvalue weighted by Crippen LogP contribution is -2.03. The van der Waals surface area contributed by atoms with Crippen molar-refractivity contribution in [3.63, 3.8) is 0 Å². The molecule has 0 fully saturated rings. The number of hydrogen-bond acceptors (Lipinski definition) is 7. The molecule has 0 atom stereocenters. The molecule has 1 aromatic heterocycles. The number of anilines is 1. The molecule has 0 saturated carbocycles. The van der Waals surface area contributed by atoms with Gasteiger partial charge in [0.2, 0.25) is 5.95 Å². The molecule has 0 aliphatic heterocycles. The highest BCUT2D eigenvalue weighted by Crippen LogP contribution is 2.41. The summed E-state index contributed by atoms with van der Waals surface area (Å²) in [4.78, 5) is 8.67. The molecule has 1 heterocycles. The van der Waals surface area contributed by atoms with Crippen molar-refractivity contribution in [2.24, 2.45) is 0 Å². The first-order valence-electron chi connectivity index (χ1n) is 8.22. The van der Waals surface area contributed by atoms with E-state index in [0.717, 1.165) is 11.1 Å². The van der Waals surface area contributed by atoms with Gasteiger partial charge in [0, 0.05) is 17.2 Å². The summed E-state index contributed by atoms with van der Waals surface area (Å²) in [5, 5.41) is 10.5. The molecule has 0 radical (unpaired) electrons. The average Bonchev–Trinajstić information content (AvgIpc) is 2.66. The van der Waals surface area contributed by atoms with Gasteiger partial charge < -0.3 is 25.1 Å². The number of nitrogens with zero attached hydrogens (tertiary/aromatic N) is 2. The number of phenols is 1. The summed E-state index contributed by atoms with van der Waals surface area (Å²) in [5.41, 5.74) is 9.16. The van der Waals surface area contributed by atoms with E-state index in [1.165, 1.54) is 13.2 Å². The largest absolute Gasteiger partial charge is 0.507 e. The minimum Gasteiger partial charge on any atom is -0.507 e. The van der Waals surface area contributed by atoms with Crippen molar-refractivity contribution in [3.05, 3.63) is 42.1 Å². The zero-order chi connectivity index (χ0) is 19.6. The molecular formula is C20H21N3O4. The molecule has 0 amide bonds. The number of phenolic OH excluding ortho intramolecular Hbond substituents is 1. The van der Waals surface area contributed by atoms with Crippen molar-refractivity contribution in [3.8, 4) is 45.4 Å². The molecule has 0 aliphatic carbocycles. The summed E-state index contributed by atoms with van der Waals surface area (Å²) in [6, 6.07) is 10.5. The fraction of sp³-hybridized carbons (Fsp3) is 0.200. The number of aryl methyl sites for hydroxylation is 1. The van der Waals surface area contributed by atoms with Crippen LogP contribution in [0.2, 0.25) is 0 Å². The van der Waals surface area contributed by atoms with E-state index in [1.807, 2.05) is 25.1 Å². The Kier molecular flexibility index (Phi) is 5.03. The number of benzene rings is 2. The van der Waals surface area contributed by atoms with Crippen LogP contribution in [0.3, 0.4) is 0 Å². The minimum atomic E-state index is 0.0357. The highest BCUT2D eigenvalue weighted by Gasteiger charge is 2.19. The number of hydrogen-bond donors (Lipinski definition) is 2. The lowest BCUT2D eigenvalue weighted by molar-refractivity contribution is 0.355. The van der Waals surface area contributed by atoms with Crippen LogP contribution in [0.5, 0.6) is 23.0 Å². The number of ether oxygens (including phenoxy) is 3. The first kappa shape index (κ1) is 18.3. The van der Waals surface area contributed by atoms with Crippen LogP contribution < -0.4 is 19.9 Å². The van der Waals surface area contributed by atoms with Gasteiger partial charge in [0.1, 0.15) is 11.5 Å². The van der Waals surface area contributed by atoms with Crippen molar-refractivity contribution in [1.82, 2.24) is 9.97 Å². The number of nitrogens with two attached hydrogens (primary N) is 1. The van der Waals surface area contributed by atoms with E-state index in [-0.39, 0.29) is 11.7 Å². The lowest BCUT2D eigenvalue weighted by Gasteiger charge is -2.16. The first-order chi connectivity index (χ1) is 13.0. The van der Waals surface area contributed by atoms with Crippen molar-refractivity contribution in [2.75, 3.05) is 27.1 Å². The highest BCUT2D eigenvalue weighted by atomic mass is 16.5. The highest BCUT2D eigenvalue weighted by molar-refractivity contribution is 5.86. The summed E-state index contributed by atoms with van der Waals surface area (Å²) < 4.78 is 15.9. The van der Waals surface area contributed by atoms with E-state index in [2.05, 4.69) is 9.97 Å². The Morgan fingerprint density at radius 3 is 2.26 bits per heavy atom. The normalized spacial score (nSPS) is 10.5. The Morgan fingerprint density at radius 2 is 1.63 bits per heavy atom. The van der Waals surface area contributed by atoms with E-state index in [0.29, 0.717) is 34.2 Å². The Balaban J connectivity index is 2.26. The maximum Gasteiger partial charge on any atom is 0.220 e. The van der Waals surface area contributed by atoms with Gasteiger partial charge >= 0.3 is 0 Å². The Labute approximate surface area is 157 Å². The Hall–Kier alpha value is -3.48. The van der Waals surface area contributed by atoms with Gasteiger partial charge in [-0.3, -0.25) is 0 Å². The summed E-state index contributed by atoms with van der Waals surface area (Å²) >= 11 is 0. The van der Waals surface area contributed by atoms with E-state index in [9.17, 15) is 5.11 Å². The van der Waals surface area contributed by atoms with Gasteiger partial charge in [0.05, 0.1) is 32.7 Å². The van der Waals surface area contributed by atoms with E-state index in [4.69, 9.17) is 19.9 Å². The van der Waals surface area contributed by atoms with Crippen LogP contribution in [-0.4, -0.2) is 36.4 Å². The molecule has 7 nitrogen and oxygen atoms in total. The minimum absolute atomic E-state index is 0.0357. The third kappa shape index (κ3) is 3.44. The lowest BCUT2D eigenvalue weighted by atomic mass is 9.97. The molecule has 27 heavy (non-hydrogen) atoms. The fourth-order valence-electron chi connectivity index (χ4n) is 2.97. The van der Waals surface area contributed by atoms with Crippen molar-refractivity contribution < 1.29 is 19.3 Å². The molecule has 0 saturated heterocycles. The van der Waals surface area contributed by atoms with Gasteiger partial charge in [-0.2, -0.15) is 0 Å². The zero-order valence-corrected chi connectivity index (χ0v) is 15.6. The fourth-order valence-corrected chi connectivity index (χ4v) is 2.97. The summed E-state index contributed by atoms with van der Waals surface area (Å²) in [6.07, 6.45) is 0. The molecule has 0 spiro atoms. The first-order valence-corrected chi connectivity index (χ1v) is 8.22. The maximum absolute atomic E-state index is 10.5. The number of methoxy groups -OCH3 is 3. The van der Waals surface area contributed by atoms with Crippen LogP contribution in [0.25, 0.3) is 22.4 Å². The molecule has 3 aromatic rings. The molecule has 0 aliphatic rings. The molecule has 3 N–H and O–H groups in total. The van der Waals surface area contributed by atoms with Gasteiger partial charge in [-0.25, -0.2) is 9.97 Å². The van der Waals surface area contributed by atoms with Crippen LogP contribution in [0.1, 0.15) is 5.69 Å². The molecule has 7 heteroatoms. The smallest absolute Gasteiger partial charge is 0.220 e. The standard InChI is InChI=1S/C20H21N3O4/c1-11-18(12-5-8-16(26-3)17(9-12)27-4)19(23-20(21)22-11)14-7-6-13(25-2)10-15(14)24/h5-10,24H,1-4H3,(H2,21,22,23). The Bertz CT molecular complexity index is 989. The van der Waals surface area contributed by atoms with Crippen LogP contribution in [-0.2, 0) is 0 Å². The van der Waals surface area contributed by atoms with Gasteiger partial charge in [-0.1, -0.05) is 6.07 Å². The maximum atomic E-state index is 10.5. The van der Waals surface area contributed by atoms with Gasteiger partial charge in [0.15, 0.2) is 11.5 Å². The van der Waals surface area contributed by atoms with Crippen LogP contribution in [0, 0.1) is 6.92 Å². The predicted molar refractivity (Wildman–Crippen MR) is 103 cm³/mol. The summed E-state index contributed by atoms with van der Waals surface area (Å²) in [5.74, 6) is 1.90. The molecule has 0 unspecified atom stereocenters. The number of aromatic hydroxyl groups is 1. The Morgan fingerprint density at radius 1 is 0.889 bits per heavy atom.